The fraction of sp³-hybridized carbons (Fsp3) is 0.538. The highest BCUT2D eigenvalue weighted by Gasteiger charge is 2.16. The van der Waals surface area contributed by atoms with Gasteiger partial charge in [-0.1, -0.05) is 19.9 Å². The van der Waals surface area contributed by atoms with Gasteiger partial charge in [0, 0.05) is 20.1 Å². The Hall–Kier alpha value is -1.58. The van der Waals surface area contributed by atoms with Gasteiger partial charge in [-0.25, -0.2) is 4.98 Å². The second kappa shape index (κ2) is 6.23. The van der Waals surface area contributed by atoms with Crippen LogP contribution in [0.3, 0.4) is 0 Å². The standard InChI is InChI=1S/C13H21N3O/c1-5-16(9-10(2)3)13(17)11-7-6-8-12(14-4)15-11/h6-8,10H,5,9H2,1-4H3,(H,14,15). The smallest absolute Gasteiger partial charge is 0.272 e. The normalized spacial score (nSPS) is 10.4. The lowest BCUT2D eigenvalue weighted by Crippen LogP contribution is -2.34. The molecule has 4 heteroatoms. The van der Waals surface area contributed by atoms with Crippen molar-refractivity contribution in [2.75, 3.05) is 25.5 Å². The van der Waals surface area contributed by atoms with Crippen molar-refractivity contribution >= 4 is 11.7 Å². The van der Waals surface area contributed by atoms with Crippen LogP contribution in [0.1, 0.15) is 31.3 Å². The molecule has 0 aliphatic carbocycles. The lowest BCUT2D eigenvalue weighted by molar-refractivity contribution is 0.0740. The second-order valence-electron chi connectivity index (χ2n) is 4.40. The maximum Gasteiger partial charge on any atom is 0.272 e. The van der Waals surface area contributed by atoms with Crippen LogP contribution in [-0.4, -0.2) is 35.9 Å². The first-order valence-electron chi connectivity index (χ1n) is 6.02. The summed E-state index contributed by atoms with van der Waals surface area (Å²) in [7, 11) is 1.79. The molecule has 0 saturated carbocycles. The summed E-state index contributed by atoms with van der Waals surface area (Å²) < 4.78 is 0. The molecular weight excluding hydrogens is 214 g/mol. The van der Waals surface area contributed by atoms with Crippen molar-refractivity contribution < 1.29 is 4.79 Å². The summed E-state index contributed by atoms with van der Waals surface area (Å²) >= 11 is 0. The van der Waals surface area contributed by atoms with Crippen LogP contribution in [0.25, 0.3) is 0 Å². The quantitative estimate of drug-likeness (QED) is 0.851. The van der Waals surface area contributed by atoms with Crippen LogP contribution >= 0.6 is 0 Å². The third-order valence-corrected chi connectivity index (χ3v) is 2.48. The Kier molecular flexibility index (Phi) is 4.94. The Balaban J connectivity index is 2.85. The minimum Gasteiger partial charge on any atom is -0.373 e. The van der Waals surface area contributed by atoms with Crippen LogP contribution in [0.15, 0.2) is 18.2 Å². The average Bonchev–Trinajstić information content (AvgIpc) is 2.35. The van der Waals surface area contributed by atoms with E-state index in [4.69, 9.17) is 0 Å². The molecule has 0 bridgehead atoms. The Morgan fingerprint density at radius 3 is 2.71 bits per heavy atom. The van der Waals surface area contributed by atoms with E-state index in [0.717, 1.165) is 12.4 Å². The van der Waals surface area contributed by atoms with Crippen molar-refractivity contribution in [3.8, 4) is 0 Å². The molecule has 0 fully saturated rings. The van der Waals surface area contributed by atoms with Crippen molar-refractivity contribution in [2.45, 2.75) is 20.8 Å². The third kappa shape index (κ3) is 3.73. The van der Waals surface area contributed by atoms with E-state index in [1.807, 2.05) is 24.0 Å². The van der Waals surface area contributed by atoms with E-state index in [-0.39, 0.29) is 5.91 Å². The monoisotopic (exact) mass is 235 g/mol. The largest absolute Gasteiger partial charge is 0.373 e. The van der Waals surface area contributed by atoms with Crippen LogP contribution in [0.5, 0.6) is 0 Å². The van der Waals surface area contributed by atoms with Gasteiger partial charge < -0.3 is 10.2 Å². The van der Waals surface area contributed by atoms with Crippen molar-refractivity contribution in [1.82, 2.24) is 9.88 Å². The minimum atomic E-state index is -0.00157. The highest BCUT2D eigenvalue weighted by Crippen LogP contribution is 2.08. The van der Waals surface area contributed by atoms with Gasteiger partial charge in [0.1, 0.15) is 11.5 Å². The fourth-order valence-corrected chi connectivity index (χ4v) is 1.65. The number of hydrogen-bond donors (Lipinski definition) is 1. The number of nitrogens with zero attached hydrogens (tertiary/aromatic N) is 2. The Morgan fingerprint density at radius 1 is 1.47 bits per heavy atom. The van der Waals surface area contributed by atoms with Gasteiger partial charge in [-0.2, -0.15) is 0 Å². The number of aromatic nitrogens is 1. The second-order valence-corrected chi connectivity index (χ2v) is 4.40. The predicted molar refractivity (Wildman–Crippen MR) is 70.2 cm³/mol. The fourth-order valence-electron chi connectivity index (χ4n) is 1.65. The van der Waals surface area contributed by atoms with E-state index < -0.39 is 0 Å². The lowest BCUT2D eigenvalue weighted by atomic mass is 10.2. The molecular formula is C13H21N3O. The van der Waals surface area contributed by atoms with E-state index in [0.29, 0.717) is 18.2 Å². The zero-order chi connectivity index (χ0) is 12.8. The molecule has 1 aromatic rings. The van der Waals surface area contributed by atoms with Crippen molar-refractivity contribution in [3.63, 3.8) is 0 Å². The number of nitrogens with one attached hydrogen (secondary N) is 1. The van der Waals surface area contributed by atoms with Gasteiger partial charge in [-0.15, -0.1) is 0 Å². The number of anilines is 1. The molecule has 0 aliphatic rings. The molecule has 94 valence electrons. The number of pyridine rings is 1. The molecule has 1 amide bonds. The number of hydrogen-bond acceptors (Lipinski definition) is 3. The van der Waals surface area contributed by atoms with Gasteiger partial charge in [-0.3, -0.25) is 4.79 Å². The molecule has 4 nitrogen and oxygen atoms in total. The lowest BCUT2D eigenvalue weighted by Gasteiger charge is -2.22. The van der Waals surface area contributed by atoms with Crippen molar-refractivity contribution in [1.29, 1.82) is 0 Å². The maximum absolute atomic E-state index is 12.2. The molecule has 17 heavy (non-hydrogen) atoms. The predicted octanol–water partition coefficient (Wildman–Crippen LogP) is 2.24. The molecule has 0 aliphatic heterocycles. The average molecular weight is 235 g/mol. The van der Waals surface area contributed by atoms with Gasteiger partial charge in [0.2, 0.25) is 0 Å². The summed E-state index contributed by atoms with van der Waals surface area (Å²) in [5, 5.41) is 2.94. The van der Waals surface area contributed by atoms with E-state index in [2.05, 4.69) is 24.1 Å². The number of carbonyl (C=O) groups is 1. The first-order chi connectivity index (χ1) is 8.08. The summed E-state index contributed by atoms with van der Waals surface area (Å²) in [4.78, 5) is 18.3. The van der Waals surface area contributed by atoms with E-state index in [1.54, 1.807) is 13.1 Å². The van der Waals surface area contributed by atoms with Gasteiger partial charge in [0.05, 0.1) is 0 Å². The van der Waals surface area contributed by atoms with Gasteiger partial charge in [-0.05, 0) is 25.0 Å². The molecule has 0 unspecified atom stereocenters. The third-order valence-electron chi connectivity index (χ3n) is 2.48. The van der Waals surface area contributed by atoms with Crippen LogP contribution in [0, 0.1) is 5.92 Å². The number of amides is 1. The number of carbonyl (C=O) groups excluding carboxylic acids is 1. The topological polar surface area (TPSA) is 45.2 Å². The van der Waals surface area contributed by atoms with Crippen LogP contribution in [-0.2, 0) is 0 Å². The minimum absolute atomic E-state index is 0.00157. The molecule has 0 radical (unpaired) electrons. The first-order valence-corrected chi connectivity index (χ1v) is 6.02. The molecule has 1 rings (SSSR count). The Bertz CT molecular complexity index is 377. The molecule has 0 spiro atoms. The van der Waals surface area contributed by atoms with E-state index in [1.165, 1.54) is 0 Å². The zero-order valence-electron chi connectivity index (χ0n) is 11.0. The highest BCUT2D eigenvalue weighted by atomic mass is 16.2. The van der Waals surface area contributed by atoms with Crippen LogP contribution < -0.4 is 5.32 Å². The highest BCUT2D eigenvalue weighted by molar-refractivity contribution is 5.92. The molecule has 0 atom stereocenters. The number of rotatable bonds is 5. The summed E-state index contributed by atoms with van der Waals surface area (Å²) in [6.45, 7) is 7.67. The van der Waals surface area contributed by atoms with E-state index >= 15 is 0 Å². The molecule has 1 aromatic heterocycles. The first kappa shape index (κ1) is 13.5. The van der Waals surface area contributed by atoms with Gasteiger partial charge in [0.25, 0.3) is 5.91 Å². The molecule has 1 N–H and O–H groups in total. The molecule has 1 heterocycles. The summed E-state index contributed by atoms with van der Waals surface area (Å²) in [5.74, 6) is 1.18. The summed E-state index contributed by atoms with van der Waals surface area (Å²) in [5.41, 5.74) is 0.499. The zero-order valence-corrected chi connectivity index (χ0v) is 11.0. The van der Waals surface area contributed by atoms with E-state index in [9.17, 15) is 4.79 Å². The molecule has 0 aromatic carbocycles. The van der Waals surface area contributed by atoms with Crippen LogP contribution in [0.4, 0.5) is 5.82 Å². The van der Waals surface area contributed by atoms with Gasteiger partial charge >= 0.3 is 0 Å². The summed E-state index contributed by atoms with van der Waals surface area (Å²) in [6, 6.07) is 5.44. The maximum atomic E-state index is 12.2. The van der Waals surface area contributed by atoms with Gasteiger partial charge in [0.15, 0.2) is 0 Å². The van der Waals surface area contributed by atoms with Crippen LogP contribution in [0.2, 0.25) is 0 Å². The van der Waals surface area contributed by atoms with Crippen molar-refractivity contribution in [2.24, 2.45) is 5.92 Å². The summed E-state index contributed by atoms with van der Waals surface area (Å²) in [6.07, 6.45) is 0. The Morgan fingerprint density at radius 2 is 2.18 bits per heavy atom. The molecule has 0 saturated heterocycles. The van der Waals surface area contributed by atoms with Crippen molar-refractivity contribution in [3.05, 3.63) is 23.9 Å². The Labute approximate surface area is 103 Å². The SMILES string of the molecule is CCN(CC(C)C)C(=O)c1cccc(NC)n1.